The van der Waals surface area contributed by atoms with Gasteiger partial charge in [0.15, 0.2) is 11.0 Å². The molecule has 0 aliphatic carbocycles. The fourth-order valence-electron chi connectivity index (χ4n) is 0.703. The van der Waals surface area contributed by atoms with Crippen LogP contribution >= 0.6 is 11.6 Å². The van der Waals surface area contributed by atoms with Crippen LogP contribution in [0.1, 0.15) is 12.0 Å². The maximum atomic E-state index is 13.0. The zero-order valence-electron chi connectivity index (χ0n) is 6.55. The summed E-state index contributed by atoms with van der Waals surface area (Å²) in [5.74, 6) is 4.30. The molecule has 1 rings (SSSR count). The van der Waals surface area contributed by atoms with Gasteiger partial charge in [-0.3, -0.25) is 0 Å². The Morgan fingerprint density at radius 1 is 1.69 bits per heavy atom. The summed E-state index contributed by atoms with van der Waals surface area (Å²) in [5.41, 5.74) is 0.154. The molecule has 0 aliphatic rings. The first-order chi connectivity index (χ1) is 6.25. The van der Waals surface area contributed by atoms with Gasteiger partial charge in [-0.25, -0.2) is 9.37 Å². The Kier molecular flexibility index (Phi) is 3.41. The van der Waals surface area contributed by atoms with Crippen molar-refractivity contribution >= 4 is 17.9 Å². The summed E-state index contributed by atoms with van der Waals surface area (Å²) in [5, 5.41) is -0.210. The molecule has 0 spiro atoms. The first-order valence-corrected chi connectivity index (χ1v) is 3.86. The quantitative estimate of drug-likeness (QED) is 0.391. The van der Waals surface area contributed by atoms with E-state index in [9.17, 15) is 9.18 Å². The van der Waals surface area contributed by atoms with Crippen LogP contribution in [0.25, 0.3) is 0 Å². The Balaban J connectivity index is 2.97. The fraction of sp³-hybridized carbons (Fsp3) is 0.111. The maximum absolute atomic E-state index is 13.0. The lowest BCUT2D eigenvalue weighted by atomic mass is 10.2. The second-order valence-corrected chi connectivity index (χ2v) is 2.49. The molecule has 0 atom stereocenters. The zero-order chi connectivity index (χ0) is 9.68. The van der Waals surface area contributed by atoms with Gasteiger partial charge >= 0.3 is 0 Å². The Labute approximate surface area is 79.7 Å². The summed E-state index contributed by atoms with van der Waals surface area (Å²) in [7, 11) is 0. The summed E-state index contributed by atoms with van der Waals surface area (Å²) >= 11 is 5.40. The Morgan fingerprint density at radius 3 is 3.15 bits per heavy atom. The lowest BCUT2D eigenvalue weighted by Gasteiger charge is -1.93. The monoisotopic (exact) mass is 197 g/mol. The molecule has 0 amide bonds. The molecule has 0 unspecified atom stereocenters. The van der Waals surface area contributed by atoms with Gasteiger partial charge in [0.25, 0.3) is 0 Å². The SMILES string of the molecule is O=CCC#Cc1ccnc(Cl)c1F. The van der Waals surface area contributed by atoms with Gasteiger partial charge in [0.2, 0.25) is 0 Å². The van der Waals surface area contributed by atoms with E-state index in [4.69, 9.17) is 11.6 Å². The number of carbonyl (C=O) groups is 1. The number of carbonyl (C=O) groups excluding carboxylic acids is 1. The zero-order valence-corrected chi connectivity index (χ0v) is 7.31. The van der Waals surface area contributed by atoms with Crippen LogP contribution in [0.5, 0.6) is 0 Å². The van der Waals surface area contributed by atoms with Gasteiger partial charge in [-0.2, -0.15) is 0 Å². The van der Waals surface area contributed by atoms with Gasteiger partial charge in [0, 0.05) is 6.20 Å². The third-order valence-electron chi connectivity index (χ3n) is 1.26. The number of halogens is 2. The number of hydrogen-bond acceptors (Lipinski definition) is 2. The molecule has 0 aromatic carbocycles. The average molecular weight is 198 g/mol. The first-order valence-electron chi connectivity index (χ1n) is 3.48. The van der Waals surface area contributed by atoms with Crippen LogP contribution < -0.4 is 0 Å². The second-order valence-electron chi connectivity index (χ2n) is 2.14. The predicted molar refractivity (Wildman–Crippen MR) is 46.8 cm³/mol. The van der Waals surface area contributed by atoms with Crippen molar-refractivity contribution in [1.29, 1.82) is 0 Å². The molecule has 0 saturated heterocycles. The highest BCUT2D eigenvalue weighted by Crippen LogP contribution is 2.13. The molecule has 1 heterocycles. The highest BCUT2D eigenvalue weighted by Gasteiger charge is 2.03. The Bertz CT molecular complexity index is 381. The van der Waals surface area contributed by atoms with Gasteiger partial charge in [0.05, 0.1) is 12.0 Å². The van der Waals surface area contributed by atoms with Gasteiger partial charge in [-0.05, 0) is 6.07 Å². The van der Waals surface area contributed by atoms with Crippen molar-refractivity contribution in [3.63, 3.8) is 0 Å². The van der Waals surface area contributed by atoms with Crippen LogP contribution in [0, 0.1) is 17.7 Å². The molecule has 1 aromatic rings. The molecule has 2 nitrogen and oxygen atoms in total. The topological polar surface area (TPSA) is 30.0 Å². The number of aromatic nitrogens is 1. The van der Waals surface area contributed by atoms with E-state index in [1.54, 1.807) is 0 Å². The van der Waals surface area contributed by atoms with Crippen molar-refractivity contribution < 1.29 is 9.18 Å². The van der Waals surface area contributed by atoms with Crippen LogP contribution in [0.2, 0.25) is 5.15 Å². The lowest BCUT2D eigenvalue weighted by Crippen LogP contribution is -1.87. The van der Waals surface area contributed by atoms with E-state index in [2.05, 4.69) is 16.8 Å². The first kappa shape index (κ1) is 9.69. The van der Waals surface area contributed by atoms with Crippen molar-refractivity contribution in [3.8, 4) is 11.8 Å². The summed E-state index contributed by atoms with van der Waals surface area (Å²) in [4.78, 5) is 13.4. The lowest BCUT2D eigenvalue weighted by molar-refractivity contribution is -0.107. The highest BCUT2D eigenvalue weighted by atomic mass is 35.5. The molecule has 0 fully saturated rings. The van der Waals surface area contributed by atoms with E-state index < -0.39 is 5.82 Å². The van der Waals surface area contributed by atoms with Crippen LogP contribution in [0.3, 0.4) is 0 Å². The maximum Gasteiger partial charge on any atom is 0.176 e. The Morgan fingerprint density at radius 2 is 2.46 bits per heavy atom. The molecule has 0 aliphatic heterocycles. The van der Waals surface area contributed by atoms with Crippen molar-refractivity contribution in [2.45, 2.75) is 6.42 Å². The van der Waals surface area contributed by atoms with E-state index in [0.29, 0.717) is 6.29 Å². The van der Waals surface area contributed by atoms with Gasteiger partial charge < -0.3 is 4.79 Å². The summed E-state index contributed by atoms with van der Waals surface area (Å²) in [6.07, 6.45) is 2.09. The van der Waals surface area contributed by atoms with E-state index in [0.717, 1.165) is 0 Å². The minimum absolute atomic E-state index is 0.0827. The van der Waals surface area contributed by atoms with Gasteiger partial charge in [0.1, 0.15) is 6.29 Å². The van der Waals surface area contributed by atoms with Crippen LogP contribution in [-0.4, -0.2) is 11.3 Å². The second kappa shape index (κ2) is 4.58. The largest absolute Gasteiger partial charge is 0.302 e. The molecule has 0 saturated carbocycles. The summed E-state index contributed by atoms with van der Waals surface area (Å²) in [6, 6.07) is 1.40. The molecule has 0 bridgehead atoms. The number of nitrogens with zero attached hydrogens (tertiary/aromatic N) is 1. The molecule has 0 radical (unpaired) electrons. The Hall–Kier alpha value is -1.40. The smallest absolute Gasteiger partial charge is 0.176 e. The number of pyridine rings is 1. The van der Waals surface area contributed by atoms with E-state index in [-0.39, 0.29) is 17.1 Å². The standard InChI is InChI=1S/C9H5ClFNO/c10-9-8(11)7(4-5-12-9)3-1-2-6-13/h4-6H,2H2. The highest BCUT2D eigenvalue weighted by molar-refractivity contribution is 6.29. The van der Waals surface area contributed by atoms with Crippen molar-refractivity contribution in [3.05, 3.63) is 28.8 Å². The minimum atomic E-state index is -0.650. The molecule has 66 valence electrons. The minimum Gasteiger partial charge on any atom is -0.302 e. The average Bonchev–Trinajstić information content (AvgIpc) is 2.13. The number of hydrogen-bond donors (Lipinski definition) is 0. The number of rotatable bonds is 1. The normalized spacial score (nSPS) is 8.77. The van der Waals surface area contributed by atoms with Gasteiger partial charge in [-0.1, -0.05) is 23.4 Å². The van der Waals surface area contributed by atoms with Gasteiger partial charge in [-0.15, -0.1) is 0 Å². The van der Waals surface area contributed by atoms with E-state index in [1.165, 1.54) is 12.3 Å². The number of aldehydes is 1. The van der Waals surface area contributed by atoms with Crippen molar-refractivity contribution in [1.82, 2.24) is 4.98 Å². The molecule has 4 heteroatoms. The molecule has 0 N–H and O–H groups in total. The fourth-order valence-corrected chi connectivity index (χ4v) is 0.861. The predicted octanol–water partition coefficient (Wildman–Crippen LogP) is 1.81. The van der Waals surface area contributed by atoms with Crippen LogP contribution in [0.4, 0.5) is 4.39 Å². The van der Waals surface area contributed by atoms with Crippen LogP contribution in [-0.2, 0) is 4.79 Å². The van der Waals surface area contributed by atoms with Crippen molar-refractivity contribution in [2.24, 2.45) is 0 Å². The third kappa shape index (κ3) is 2.53. The molecule has 1 aromatic heterocycles. The van der Waals surface area contributed by atoms with E-state index >= 15 is 0 Å². The summed E-state index contributed by atoms with van der Waals surface area (Å²) in [6.45, 7) is 0. The van der Waals surface area contributed by atoms with E-state index in [1.807, 2.05) is 0 Å². The molecular weight excluding hydrogens is 193 g/mol. The van der Waals surface area contributed by atoms with Crippen molar-refractivity contribution in [2.75, 3.05) is 0 Å². The third-order valence-corrected chi connectivity index (χ3v) is 1.52. The molecular formula is C9H5ClFNO. The van der Waals surface area contributed by atoms with Crippen LogP contribution in [0.15, 0.2) is 12.3 Å². The molecule has 13 heavy (non-hydrogen) atoms. The summed E-state index contributed by atoms with van der Waals surface area (Å²) < 4.78 is 13.0.